The third-order valence-electron chi connectivity index (χ3n) is 8.98. The topological polar surface area (TPSA) is 84.2 Å². The minimum Gasteiger partial charge on any atom is -0.347 e. The molecule has 2 aliphatic heterocycles. The monoisotopic (exact) mass is 515 g/mol. The summed E-state index contributed by atoms with van der Waals surface area (Å²) in [5, 5.41) is 0. The summed E-state index contributed by atoms with van der Waals surface area (Å²) < 4.78 is 0. The van der Waals surface area contributed by atoms with E-state index in [1.54, 1.807) is 29.7 Å². The van der Waals surface area contributed by atoms with E-state index in [1.807, 2.05) is 12.1 Å². The molecule has 1 aliphatic carbocycles. The molecular weight excluding hydrogens is 474 g/mol. The van der Waals surface area contributed by atoms with Crippen molar-refractivity contribution in [3.63, 3.8) is 0 Å². The Kier molecular flexibility index (Phi) is 7.60. The van der Waals surface area contributed by atoms with Crippen LogP contribution in [-0.2, 0) is 19.6 Å². The molecule has 1 spiro atoms. The predicted molar refractivity (Wildman–Crippen MR) is 147 cm³/mol. The second-order valence-electron chi connectivity index (χ2n) is 11.8. The summed E-state index contributed by atoms with van der Waals surface area (Å²) in [6.07, 6.45) is 18.1. The highest BCUT2D eigenvalue weighted by atomic mass is 16.2. The van der Waals surface area contributed by atoms with Crippen LogP contribution in [0.25, 0.3) is 0 Å². The van der Waals surface area contributed by atoms with Crippen LogP contribution < -0.4 is 0 Å². The fraction of sp³-hybridized carbons (Fsp3) is 0.567. The summed E-state index contributed by atoms with van der Waals surface area (Å²) in [7, 11) is 0. The van der Waals surface area contributed by atoms with E-state index in [9.17, 15) is 4.79 Å². The Labute approximate surface area is 225 Å². The number of carbonyl (C=O) groups excluding carboxylic acids is 1. The molecule has 1 atom stereocenters. The van der Waals surface area contributed by atoms with Crippen molar-refractivity contribution in [1.29, 1.82) is 0 Å². The van der Waals surface area contributed by atoms with Crippen LogP contribution in [0.2, 0.25) is 0 Å². The molecule has 8 nitrogen and oxygen atoms in total. The van der Waals surface area contributed by atoms with Gasteiger partial charge in [0.2, 0.25) is 0 Å². The number of H-pyrrole nitrogens is 2. The van der Waals surface area contributed by atoms with Crippen molar-refractivity contribution in [2.45, 2.75) is 77.0 Å². The summed E-state index contributed by atoms with van der Waals surface area (Å²) in [6, 6.07) is 9.07. The number of piperidine rings is 1. The normalized spacial score (nSPS) is 23.3. The number of aromatic amines is 2. The van der Waals surface area contributed by atoms with Crippen molar-refractivity contribution in [3.05, 3.63) is 71.8 Å². The lowest BCUT2D eigenvalue weighted by Crippen LogP contribution is -2.45. The van der Waals surface area contributed by atoms with Crippen LogP contribution in [0.1, 0.15) is 78.9 Å². The molecule has 3 aliphatic rings. The molecule has 2 N–H and O–H groups in total. The van der Waals surface area contributed by atoms with Crippen molar-refractivity contribution >= 4 is 5.91 Å². The van der Waals surface area contributed by atoms with Gasteiger partial charge in [0.1, 0.15) is 11.6 Å². The van der Waals surface area contributed by atoms with Gasteiger partial charge in [-0.25, -0.2) is 9.97 Å². The van der Waals surface area contributed by atoms with E-state index in [2.05, 4.69) is 41.9 Å². The maximum Gasteiger partial charge on any atom is 0.254 e. The number of rotatable bonds is 8. The van der Waals surface area contributed by atoms with E-state index < -0.39 is 0 Å². The predicted octanol–water partition coefficient (Wildman–Crippen LogP) is 4.60. The summed E-state index contributed by atoms with van der Waals surface area (Å²) in [4.78, 5) is 35.6. The Hall–Kier alpha value is -2.97. The number of nitrogens with zero attached hydrogens (tertiary/aromatic N) is 5. The van der Waals surface area contributed by atoms with Gasteiger partial charge >= 0.3 is 0 Å². The number of aromatic nitrogens is 4. The van der Waals surface area contributed by atoms with Crippen LogP contribution >= 0.6 is 0 Å². The summed E-state index contributed by atoms with van der Waals surface area (Å²) in [5.41, 5.74) is 2.45. The molecule has 1 unspecified atom stereocenters. The lowest BCUT2D eigenvalue weighted by atomic mass is 9.79. The van der Waals surface area contributed by atoms with E-state index in [-0.39, 0.29) is 5.91 Å². The van der Waals surface area contributed by atoms with Crippen molar-refractivity contribution in [1.82, 2.24) is 34.6 Å². The fourth-order valence-electron chi connectivity index (χ4n) is 7.03. The number of imidazole rings is 2. The summed E-state index contributed by atoms with van der Waals surface area (Å²) in [6.45, 7) is 6.74. The van der Waals surface area contributed by atoms with Gasteiger partial charge in [-0.3, -0.25) is 14.6 Å². The van der Waals surface area contributed by atoms with Gasteiger partial charge in [0.15, 0.2) is 0 Å². The number of amides is 1. The van der Waals surface area contributed by atoms with Crippen LogP contribution in [0.15, 0.2) is 49.1 Å². The van der Waals surface area contributed by atoms with Crippen LogP contribution in [0.3, 0.4) is 0 Å². The maximum atomic E-state index is 13.5. The minimum absolute atomic E-state index is 0.0185. The molecule has 2 saturated heterocycles. The molecule has 202 valence electrons. The van der Waals surface area contributed by atoms with Crippen molar-refractivity contribution < 1.29 is 4.79 Å². The zero-order chi connectivity index (χ0) is 25.8. The Bertz CT molecular complexity index is 1120. The zero-order valence-corrected chi connectivity index (χ0v) is 22.4. The molecular formula is C30H41N7O. The van der Waals surface area contributed by atoms with E-state index in [1.165, 1.54) is 83.1 Å². The van der Waals surface area contributed by atoms with E-state index in [0.717, 1.165) is 24.2 Å². The maximum absolute atomic E-state index is 13.5. The second kappa shape index (κ2) is 11.4. The fourth-order valence-corrected chi connectivity index (χ4v) is 7.03. The summed E-state index contributed by atoms with van der Waals surface area (Å²) in [5.74, 6) is 1.50. The van der Waals surface area contributed by atoms with E-state index >= 15 is 0 Å². The first-order valence-corrected chi connectivity index (χ1v) is 14.5. The number of benzene rings is 1. The van der Waals surface area contributed by atoms with Crippen molar-refractivity contribution in [2.24, 2.45) is 5.41 Å². The number of likely N-dealkylation sites (tertiary alicyclic amines) is 2. The third kappa shape index (κ3) is 5.86. The largest absolute Gasteiger partial charge is 0.347 e. The quantitative estimate of drug-likeness (QED) is 0.458. The molecule has 0 bridgehead atoms. The van der Waals surface area contributed by atoms with Crippen LogP contribution in [0.4, 0.5) is 0 Å². The second-order valence-corrected chi connectivity index (χ2v) is 11.8. The number of hydrogen-bond acceptors (Lipinski definition) is 5. The zero-order valence-electron chi connectivity index (χ0n) is 22.4. The summed E-state index contributed by atoms with van der Waals surface area (Å²) >= 11 is 0. The van der Waals surface area contributed by atoms with Gasteiger partial charge in [-0.05, 0) is 68.3 Å². The van der Waals surface area contributed by atoms with Crippen LogP contribution in [0.5, 0.6) is 0 Å². The number of nitrogens with one attached hydrogen (secondary N) is 2. The average molecular weight is 516 g/mol. The number of carbonyl (C=O) groups is 1. The Balaban J connectivity index is 1.08. The van der Waals surface area contributed by atoms with Gasteiger partial charge in [-0.2, -0.15) is 0 Å². The van der Waals surface area contributed by atoms with Crippen molar-refractivity contribution in [3.8, 4) is 0 Å². The Morgan fingerprint density at radius 3 is 2.26 bits per heavy atom. The highest BCUT2D eigenvalue weighted by molar-refractivity contribution is 5.94. The molecule has 8 heteroatoms. The molecule has 38 heavy (non-hydrogen) atoms. The molecule has 2 aromatic heterocycles. The highest BCUT2D eigenvalue weighted by Gasteiger charge is 2.43. The van der Waals surface area contributed by atoms with Gasteiger partial charge in [-0.15, -0.1) is 0 Å². The molecule has 3 fully saturated rings. The van der Waals surface area contributed by atoms with Gasteiger partial charge in [-0.1, -0.05) is 31.4 Å². The Morgan fingerprint density at radius 1 is 0.895 bits per heavy atom. The van der Waals surface area contributed by atoms with Crippen LogP contribution in [0, 0.1) is 5.41 Å². The van der Waals surface area contributed by atoms with Crippen molar-refractivity contribution in [2.75, 3.05) is 26.2 Å². The lowest BCUT2D eigenvalue weighted by Gasteiger charge is -2.41. The Morgan fingerprint density at radius 2 is 1.61 bits per heavy atom. The first-order valence-electron chi connectivity index (χ1n) is 14.5. The molecule has 1 saturated carbocycles. The number of hydrogen-bond donors (Lipinski definition) is 2. The lowest BCUT2D eigenvalue weighted by molar-refractivity contribution is 0.0721. The molecule has 0 radical (unpaired) electrons. The van der Waals surface area contributed by atoms with Gasteiger partial charge < -0.3 is 14.9 Å². The molecule has 4 heterocycles. The SMILES string of the molecule is O=C(c1ccc(CN2CCCC3(CCN(C4CCCCC4)C3)C2)cc1)N(Cc1ncc[nH]1)Cc1ncc[nH]1. The average Bonchev–Trinajstić information content (AvgIpc) is 3.73. The van der Waals surface area contributed by atoms with E-state index in [0.29, 0.717) is 24.1 Å². The molecule has 1 amide bonds. The smallest absolute Gasteiger partial charge is 0.254 e. The van der Waals surface area contributed by atoms with Crippen LogP contribution in [-0.4, -0.2) is 72.8 Å². The first kappa shape index (κ1) is 25.3. The third-order valence-corrected chi connectivity index (χ3v) is 8.98. The van der Waals surface area contributed by atoms with E-state index in [4.69, 9.17) is 0 Å². The first-order chi connectivity index (χ1) is 18.7. The van der Waals surface area contributed by atoms with Gasteiger partial charge in [0.05, 0.1) is 13.1 Å². The standard InChI is InChI=1S/C30H41N7O/c38-29(37(20-27-31-13-14-32-27)21-28-33-15-16-34-28)25-9-7-24(8-10-25)19-35-17-4-11-30(22-35)12-18-36(23-30)26-5-2-1-3-6-26/h7-10,13-16,26H,1-6,11-12,17-23H2,(H,31,32)(H,33,34). The molecule has 1 aromatic carbocycles. The highest BCUT2D eigenvalue weighted by Crippen LogP contribution is 2.41. The minimum atomic E-state index is -0.0185. The molecule has 6 rings (SSSR count). The molecule has 3 aromatic rings. The van der Waals surface area contributed by atoms with Gasteiger partial charge in [0, 0.05) is 56.0 Å². The van der Waals surface area contributed by atoms with Gasteiger partial charge in [0.25, 0.3) is 5.91 Å².